The SMILES string of the molecule is N#C/C(=C1\C(=O)Nc2c(Cl)cc(Cl)cc21)c1nc(-c2ccc(Cl)cc2)cs1. The van der Waals surface area contributed by atoms with E-state index in [2.05, 4.69) is 16.4 Å². The summed E-state index contributed by atoms with van der Waals surface area (Å²) in [6.07, 6.45) is 0. The molecule has 4 nitrogen and oxygen atoms in total. The summed E-state index contributed by atoms with van der Waals surface area (Å²) in [4.78, 5) is 17.1. The number of thiazole rings is 1. The Balaban J connectivity index is 1.86. The molecule has 1 aliphatic rings. The number of rotatable bonds is 2. The first-order valence-corrected chi connectivity index (χ1v) is 9.66. The van der Waals surface area contributed by atoms with Crippen molar-refractivity contribution in [3.63, 3.8) is 0 Å². The van der Waals surface area contributed by atoms with Gasteiger partial charge in [-0.15, -0.1) is 11.3 Å². The second-order valence-corrected chi connectivity index (χ2v) is 7.81. The molecule has 4 rings (SSSR count). The summed E-state index contributed by atoms with van der Waals surface area (Å²) >= 11 is 19.4. The normalized spacial score (nSPS) is 14.5. The summed E-state index contributed by atoms with van der Waals surface area (Å²) < 4.78 is 0. The zero-order valence-electron chi connectivity index (χ0n) is 13.4. The maximum absolute atomic E-state index is 12.5. The van der Waals surface area contributed by atoms with E-state index in [1.807, 2.05) is 17.5 Å². The molecule has 0 fully saturated rings. The van der Waals surface area contributed by atoms with Crippen LogP contribution in [-0.4, -0.2) is 10.9 Å². The fourth-order valence-corrected chi connectivity index (χ4v) is 4.29. The molecule has 2 heterocycles. The van der Waals surface area contributed by atoms with E-state index in [1.165, 1.54) is 11.3 Å². The Morgan fingerprint density at radius 1 is 1.11 bits per heavy atom. The first-order valence-electron chi connectivity index (χ1n) is 7.65. The van der Waals surface area contributed by atoms with Gasteiger partial charge < -0.3 is 5.32 Å². The number of nitriles is 1. The molecular formula is C19H8Cl3N3OS. The van der Waals surface area contributed by atoms with E-state index in [4.69, 9.17) is 34.8 Å². The van der Waals surface area contributed by atoms with E-state index in [9.17, 15) is 10.1 Å². The highest BCUT2D eigenvalue weighted by Crippen LogP contribution is 2.43. The lowest BCUT2D eigenvalue weighted by atomic mass is 10.0. The van der Waals surface area contributed by atoms with Crippen LogP contribution in [0.1, 0.15) is 10.6 Å². The maximum atomic E-state index is 12.5. The fourth-order valence-electron chi connectivity index (χ4n) is 2.80. The molecule has 1 aromatic heterocycles. The molecule has 0 saturated heterocycles. The van der Waals surface area contributed by atoms with Crippen molar-refractivity contribution in [1.82, 2.24) is 4.98 Å². The molecule has 0 unspecified atom stereocenters. The summed E-state index contributed by atoms with van der Waals surface area (Å²) in [6, 6.07) is 12.5. The Morgan fingerprint density at radius 2 is 1.85 bits per heavy atom. The van der Waals surface area contributed by atoms with Gasteiger partial charge in [0.2, 0.25) is 0 Å². The minimum absolute atomic E-state index is 0.176. The topological polar surface area (TPSA) is 65.8 Å². The van der Waals surface area contributed by atoms with Crippen LogP contribution in [0.3, 0.4) is 0 Å². The average molecular weight is 433 g/mol. The lowest BCUT2D eigenvalue weighted by Gasteiger charge is -2.03. The van der Waals surface area contributed by atoms with Gasteiger partial charge in [0, 0.05) is 26.6 Å². The molecular weight excluding hydrogens is 425 g/mol. The average Bonchev–Trinajstić information content (AvgIpc) is 3.23. The Hall–Kier alpha value is -2.36. The standard InChI is InChI=1S/C19H8Cl3N3OS/c20-10-3-1-9(2-4-10)15-8-27-19(24-15)13(7-23)16-12-5-11(21)6-14(22)17(12)25-18(16)26/h1-6,8H,(H,25,26)/b16-13+. The van der Waals surface area contributed by atoms with Gasteiger partial charge in [-0.05, 0) is 24.3 Å². The molecule has 132 valence electrons. The summed E-state index contributed by atoms with van der Waals surface area (Å²) in [6.45, 7) is 0. The van der Waals surface area contributed by atoms with Crippen molar-refractivity contribution >= 4 is 68.9 Å². The van der Waals surface area contributed by atoms with Crippen molar-refractivity contribution in [3.05, 3.63) is 67.4 Å². The first kappa shape index (κ1) is 18.0. The number of allylic oxidation sites excluding steroid dienone is 1. The third-order valence-electron chi connectivity index (χ3n) is 4.01. The number of halogens is 3. The molecule has 0 aliphatic carbocycles. The van der Waals surface area contributed by atoms with Crippen LogP contribution in [-0.2, 0) is 4.79 Å². The van der Waals surface area contributed by atoms with Gasteiger partial charge >= 0.3 is 0 Å². The largest absolute Gasteiger partial charge is 0.320 e. The number of carbonyl (C=O) groups is 1. The number of nitrogens with zero attached hydrogens (tertiary/aromatic N) is 2. The molecule has 0 saturated carbocycles. The third kappa shape index (κ3) is 3.22. The third-order valence-corrected chi connectivity index (χ3v) is 5.64. The van der Waals surface area contributed by atoms with E-state index >= 15 is 0 Å². The Kier molecular flexibility index (Phi) is 4.67. The number of nitrogens with one attached hydrogen (secondary N) is 1. The number of aromatic nitrogens is 1. The van der Waals surface area contributed by atoms with E-state index < -0.39 is 5.91 Å². The smallest absolute Gasteiger partial charge is 0.257 e. The summed E-state index contributed by atoms with van der Waals surface area (Å²) in [5, 5.41) is 16.0. The Labute approximate surface area is 173 Å². The van der Waals surface area contributed by atoms with Gasteiger partial charge in [-0.25, -0.2) is 4.98 Å². The highest BCUT2D eigenvalue weighted by molar-refractivity contribution is 7.11. The number of hydrogen-bond donors (Lipinski definition) is 1. The number of carbonyl (C=O) groups excluding carboxylic acids is 1. The molecule has 0 radical (unpaired) electrons. The molecule has 0 bridgehead atoms. The number of anilines is 1. The summed E-state index contributed by atoms with van der Waals surface area (Å²) in [5.41, 5.74) is 2.90. The number of amides is 1. The van der Waals surface area contributed by atoms with Crippen LogP contribution in [0.5, 0.6) is 0 Å². The monoisotopic (exact) mass is 431 g/mol. The molecule has 1 aliphatic heterocycles. The number of fused-ring (bicyclic) bond motifs is 1. The van der Waals surface area contributed by atoms with Crippen LogP contribution in [0.15, 0.2) is 41.8 Å². The lowest BCUT2D eigenvalue weighted by Crippen LogP contribution is -2.05. The fraction of sp³-hybridized carbons (Fsp3) is 0. The molecule has 2 aromatic carbocycles. The van der Waals surface area contributed by atoms with Crippen LogP contribution in [0.4, 0.5) is 5.69 Å². The minimum Gasteiger partial charge on any atom is -0.320 e. The van der Waals surface area contributed by atoms with E-state index in [1.54, 1.807) is 24.3 Å². The second kappa shape index (κ2) is 6.99. The molecule has 3 aromatic rings. The van der Waals surface area contributed by atoms with Crippen molar-refractivity contribution in [2.24, 2.45) is 0 Å². The van der Waals surface area contributed by atoms with Crippen LogP contribution in [0, 0.1) is 11.3 Å². The lowest BCUT2D eigenvalue weighted by molar-refractivity contribution is -0.110. The number of benzene rings is 2. The van der Waals surface area contributed by atoms with Crippen molar-refractivity contribution < 1.29 is 4.79 Å². The van der Waals surface area contributed by atoms with Gasteiger partial charge in [0.05, 0.1) is 22.0 Å². The number of hydrogen-bond acceptors (Lipinski definition) is 4. The summed E-state index contributed by atoms with van der Waals surface area (Å²) in [7, 11) is 0. The van der Waals surface area contributed by atoms with Crippen LogP contribution < -0.4 is 5.32 Å². The van der Waals surface area contributed by atoms with E-state index in [0.29, 0.717) is 37.0 Å². The zero-order valence-corrected chi connectivity index (χ0v) is 16.5. The second-order valence-electron chi connectivity index (χ2n) is 5.67. The predicted molar refractivity (Wildman–Crippen MR) is 110 cm³/mol. The molecule has 1 amide bonds. The Bertz CT molecular complexity index is 1160. The van der Waals surface area contributed by atoms with Crippen molar-refractivity contribution in [2.75, 3.05) is 5.32 Å². The van der Waals surface area contributed by atoms with Gasteiger partial charge in [-0.3, -0.25) is 4.79 Å². The van der Waals surface area contributed by atoms with Crippen molar-refractivity contribution in [3.8, 4) is 17.3 Å². The molecule has 0 atom stereocenters. The van der Waals surface area contributed by atoms with Gasteiger partial charge in [-0.2, -0.15) is 5.26 Å². The van der Waals surface area contributed by atoms with E-state index in [-0.39, 0.29) is 11.1 Å². The van der Waals surface area contributed by atoms with Gasteiger partial charge in [-0.1, -0.05) is 46.9 Å². The van der Waals surface area contributed by atoms with Gasteiger partial charge in [0.15, 0.2) is 0 Å². The quantitative estimate of drug-likeness (QED) is 0.390. The molecule has 8 heteroatoms. The highest BCUT2D eigenvalue weighted by atomic mass is 35.5. The van der Waals surface area contributed by atoms with Crippen LogP contribution in [0.25, 0.3) is 22.4 Å². The first-order chi connectivity index (χ1) is 13.0. The van der Waals surface area contributed by atoms with Crippen LogP contribution >= 0.6 is 46.1 Å². The van der Waals surface area contributed by atoms with Crippen molar-refractivity contribution in [2.45, 2.75) is 0 Å². The predicted octanol–water partition coefficient (Wildman–Crippen LogP) is 6.16. The molecule has 0 spiro atoms. The van der Waals surface area contributed by atoms with Crippen LogP contribution in [0.2, 0.25) is 15.1 Å². The van der Waals surface area contributed by atoms with Gasteiger partial charge in [0.25, 0.3) is 5.91 Å². The minimum atomic E-state index is -0.408. The molecule has 1 N–H and O–H groups in total. The molecule has 27 heavy (non-hydrogen) atoms. The summed E-state index contributed by atoms with van der Waals surface area (Å²) in [5.74, 6) is -0.408. The maximum Gasteiger partial charge on any atom is 0.257 e. The Morgan fingerprint density at radius 3 is 2.56 bits per heavy atom. The van der Waals surface area contributed by atoms with Crippen molar-refractivity contribution in [1.29, 1.82) is 5.26 Å². The van der Waals surface area contributed by atoms with Gasteiger partial charge in [0.1, 0.15) is 16.6 Å². The zero-order chi connectivity index (χ0) is 19.1. The van der Waals surface area contributed by atoms with E-state index in [0.717, 1.165) is 5.56 Å². The highest BCUT2D eigenvalue weighted by Gasteiger charge is 2.31.